The molecule has 1 atom stereocenters. The van der Waals surface area contributed by atoms with E-state index in [-0.39, 0.29) is 6.04 Å². The van der Waals surface area contributed by atoms with Crippen molar-refractivity contribution in [2.75, 3.05) is 0 Å². The monoisotopic (exact) mass is 302 g/mol. The highest BCUT2D eigenvalue weighted by atomic mass is 79.9. The normalized spacial score (nSPS) is 12.7. The van der Waals surface area contributed by atoms with Crippen molar-refractivity contribution in [3.05, 3.63) is 49.8 Å². The molecule has 0 aliphatic heterocycles. The maximum atomic E-state index is 6.10. The molecule has 0 spiro atoms. The van der Waals surface area contributed by atoms with E-state index in [1.54, 1.807) is 17.5 Å². The van der Waals surface area contributed by atoms with Gasteiger partial charge in [-0.25, -0.2) is 0 Å². The minimum absolute atomic E-state index is 0.270. The minimum Gasteiger partial charge on any atom is -0.318 e. The summed E-state index contributed by atoms with van der Waals surface area (Å²) in [5.74, 6) is 0. The number of pyridine rings is 1. The summed E-state index contributed by atoms with van der Waals surface area (Å²) >= 11 is 11.0. The fourth-order valence-electron chi connectivity index (χ4n) is 1.28. The first-order chi connectivity index (χ1) is 7.20. The van der Waals surface area contributed by atoms with Gasteiger partial charge in [0.2, 0.25) is 0 Å². The third kappa shape index (κ3) is 2.23. The summed E-state index contributed by atoms with van der Waals surface area (Å²) in [6.07, 6.45) is 1.72. The SMILES string of the molecule is NC(c1ncccc1Br)c1sccc1Cl. The van der Waals surface area contributed by atoms with Crippen molar-refractivity contribution < 1.29 is 0 Å². The van der Waals surface area contributed by atoms with Crippen LogP contribution in [0.3, 0.4) is 0 Å². The van der Waals surface area contributed by atoms with E-state index < -0.39 is 0 Å². The molecule has 2 nitrogen and oxygen atoms in total. The van der Waals surface area contributed by atoms with E-state index >= 15 is 0 Å². The largest absolute Gasteiger partial charge is 0.318 e. The third-order valence-electron chi connectivity index (χ3n) is 2.01. The Kier molecular flexibility index (Phi) is 3.41. The molecule has 0 bridgehead atoms. The summed E-state index contributed by atoms with van der Waals surface area (Å²) in [6, 6.07) is 5.35. The van der Waals surface area contributed by atoms with Gasteiger partial charge in [-0.1, -0.05) is 11.6 Å². The summed E-state index contributed by atoms with van der Waals surface area (Å²) < 4.78 is 0.905. The molecule has 0 radical (unpaired) electrons. The van der Waals surface area contributed by atoms with E-state index in [2.05, 4.69) is 20.9 Å². The lowest BCUT2D eigenvalue weighted by Crippen LogP contribution is -2.13. The predicted octanol–water partition coefficient (Wildman–Crippen LogP) is 3.61. The van der Waals surface area contributed by atoms with Gasteiger partial charge in [-0.3, -0.25) is 4.98 Å². The van der Waals surface area contributed by atoms with Crippen LogP contribution in [0.15, 0.2) is 34.2 Å². The van der Waals surface area contributed by atoms with Gasteiger partial charge in [-0.05, 0) is 39.5 Å². The average molecular weight is 304 g/mol. The zero-order valence-electron chi connectivity index (χ0n) is 7.65. The Hall–Kier alpha value is -0.420. The Bertz CT molecular complexity index is 472. The summed E-state index contributed by atoms with van der Waals surface area (Å²) in [7, 11) is 0. The molecule has 78 valence electrons. The van der Waals surface area contributed by atoms with Crippen LogP contribution in [0.4, 0.5) is 0 Å². The first-order valence-electron chi connectivity index (χ1n) is 4.29. The number of halogens is 2. The van der Waals surface area contributed by atoms with E-state index in [4.69, 9.17) is 17.3 Å². The molecule has 0 aliphatic carbocycles. The highest BCUT2D eigenvalue weighted by Crippen LogP contribution is 2.32. The predicted molar refractivity (Wildman–Crippen MR) is 67.3 cm³/mol. The molecule has 15 heavy (non-hydrogen) atoms. The summed E-state index contributed by atoms with van der Waals surface area (Å²) in [5, 5.41) is 2.62. The quantitative estimate of drug-likeness (QED) is 0.920. The van der Waals surface area contributed by atoms with E-state index in [0.717, 1.165) is 15.0 Å². The van der Waals surface area contributed by atoms with E-state index in [1.165, 1.54) is 0 Å². The number of hydrogen-bond donors (Lipinski definition) is 1. The zero-order chi connectivity index (χ0) is 10.8. The van der Waals surface area contributed by atoms with Crippen LogP contribution in [0.25, 0.3) is 0 Å². The first-order valence-corrected chi connectivity index (χ1v) is 6.34. The third-order valence-corrected chi connectivity index (χ3v) is 4.12. The van der Waals surface area contributed by atoms with Crippen LogP contribution < -0.4 is 5.73 Å². The maximum absolute atomic E-state index is 6.10. The van der Waals surface area contributed by atoms with Crippen LogP contribution in [0.2, 0.25) is 5.02 Å². The van der Waals surface area contributed by atoms with Crippen molar-refractivity contribution in [3.8, 4) is 0 Å². The zero-order valence-corrected chi connectivity index (χ0v) is 10.8. The van der Waals surface area contributed by atoms with E-state index in [9.17, 15) is 0 Å². The van der Waals surface area contributed by atoms with Gasteiger partial charge in [-0.15, -0.1) is 11.3 Å². The average Bonchev–Trinajstić information content (AvgIpc) is 2.64. The Balaban J connectivity index is 2.41. The molecule has 0 amide bonds. The molecule has 2 rings (SSSR count). The molecule has 5 heteroatoms. The number of aromatic nitrogens is 1. The molecule has 2 heterocycles. The molecule has 2 aromatic heterocycles. The lowest BCUT2D eigenvalue weighted by atomic mass is 10.1. The number of nitrogens with two attached hydrogens (primary N) is 1. The van der Waals surface area contributed by atoms with Crippen LogP contribution >= 0.6 is 38.9 Å². The Morgan fingerprint density at radius 2 is 2.27 bits per heavy atom. The number of hydrogen-bond acceptors (Lipinski definition) is 3. The van der Waals surface area contributed by atoms with Crippen molar-refractivity contribution in [1.82, 2.24) is 4.98 Å². The van der Waals surface area contributed by atoms with Crippen LogP contribution in [-0.2, 0) is 0 Å². The second-order valence-corrected chi connectivity index (χ2v) is 5.19. The van der Waals surface area contributed by atoms with Crippen molar-refractivity contribution in [2.24, 2.45) is 5.73 Å². The summed E-state index contributed by atoms with van der Waals surface area (Å²) in [4.78, 5) is 5.19. The Morgan fingerprint density at radius 3 is 2.87 bits per heavy atom. The molecule has 2 aromatic rings. The molecule has 0 saturated carbocycles. The topological polar surface area (TPSA) is 38.9 Å². The fourth-order valence-corrected chi connectivity index (χ4v) is 2.96. The van der Waals surface area contributed by atoms with Crippen LogP contribution in [0.5, 0.6) is 0 Å². The van der Waals surface area contributed by atoms with Gasteiger partial charge in [0, 0.05) is 15.5 Å². The lowest BCUT2D eigenvalue weighted by Gasteiger charge is -2.11. The van der Waals surface area contributed by atoms with E-state index in [1.807, 2.05) is 23.6 Å². The Labute approximate surface area is 105 Å². The molecular formula is C10H8BrClN2S. The van der Waals surface area contributed by atoms with Gasteiger partial charge in [0.05, 0.1) is 16.8 Å². The number of nitrogens with zero attached hydrogens (tertiary/aromatic N) is 1. The van der Waals surface area contributed by atoms with Crippen LogP contribution in [0, 0.1) is 0 Å². The van der Waals surface area contributed by atoms with Crippen LogP contribution in [-0.4, -0.2) is 4.98 Å². The standard InChI is InChI=1S/C10H8BrClN2S/c11-6-2-1-4-14-9(6)8(13)10-7(12)3-5-15-10/h1-5,8H,13H2. The molecular weight excluding hydrogens is 296 g/mol. The van der Waals surface area contributed by atoms with Gasteiger partial charge in [0.1, 0.15) is 0 Å². The second kappa shape index (κ2) is 4.61. The molecule has 0 saturated heterocycles. The van der Waals surface area contributed by atoms with Gasteiger partial charge in [0.25, 0.3) is 0 Å². The maximum Gasteiger partial charge on any atom is 0.0846 e. The second-order valence-electron chi connectivity index (χ2n) is 2.98. The number of rotatable bonds is 2. The van der Waals surface area contributed by atoms with Crippen molar-refractivity contribution in [1.29, 1.82) is 0 Å². The van der Waals surface area contributed by atoms with Gasteiger partial charge in [-0.2, -0.15) is 0 Å². The minimum atomic E-state index is -0.270. The molecule has 2 N–H and O–H groups in total. The molecule has 1 unspecified atom stereocenters. The first kappa shape index (κ1) is 11.1. The fraction of sp³-hybridized carbons (Fsp3) is 0.100. The molecule has 0 aromatic carbocycles. The molecule has 0 aliphatic rings. The highest BCUT2D eigenvalue weighted by Gasteiger charge is 2.17. The lowest BCUT2D eigenvalue weighted by molar-refractivity contribution is 0.840. The summed E-state index contributed by atoms with van der Waals surface area (Å²) in [6.45, 7) is 0. The van der Waals surface area contributed by atoms with Gasteiger partial charge in [0.15, 0.2) is 0 Å². The van der Waals surface area contributed by atoms with Gasteiger partial charge < -0.3 is 5.73 Å². The van der Waals surface area contributed by atoms with Gasteiger partial charge >= 0.3 is 0 Å². The smallest absolute Gasteiger partial charge is 0.0846 e. The van der Waals surface area contributed by atoms with Crippen molar-refractivity contribution in [2.45, 2.75) is 6.04 Å². The Morgan fingerprint density at radius 1 is 1.47 bits per heavy atom. The summed E-state index contributed by atoms with van der Waals surface area (Å²) in [5.41, 5.74) is 6.90. The molecule has 0 fully saturated rings. The number of thiophene rings is 1. The van der Waals surface area contributed by atoms with Crippen molar-refractivity contribution in [3.63, 3.8) is 0 Å². The van der Waals surface area contributed by atoms with E-state index in [0.29, 0.717) is 5.02 Å². The van der Waals surface area contributed by atoms with Crippen molar-refractivity contribution >= 4 is 38.9 Å². The van der Waals surface area contributed by atoms with Crippen LogP contribution in [0.1, 0.15) is 16.6 Å². The highest BCUT2D eigenvalue weighted by molar-refractivity contribution is 9.10.